The molecule has 1 unspecified atom stereocenters. The first kappa shape index (κ1) is 37.7. The molecule has 2 amide bonds. The van der Waals surface area contributed by atoms with Crippen LogP contribution < -0.4 is 10.6 Å². The first-order valence-electron chi connectivity index (χ1n) is 18.7. The number of carbonyl (C=O) groups excluding carboxylic acids is 2. The lowest BCUT2D eigenvalue weighted by Crippen LogP contribution is -2.42. The van der Waals surface area contributed by atoms with Gasteiger partial charge in [-0.3, -0.25) is 9.59 Å². The maximum absolute atomic E-state index is 13.7. The lowest BCUT2D eigenvalue weighted by atomic mass is 9.83. The molecule has 2 atom stereocenters. The van der Waals surface area contributed by atoms with Crippen molar-refractivity contribution in [3.05, 3.63) is 48.3 Å². The summed E-state index contributed by atoms with van der Waals surface area (Å²) < 4.78 is 67.3. The second-order valence-electron chi connectivity index (χ2n) is 17.4. The van der Waals surface area contributed by atoms with Gasteiger partial charge in [-0.2, -0.15) is 0 Å². The van der Waals surface area contributed by atoms with Gasteiger partial charge in [-0.25, -0.2) is 27.5 Å². The number of rotatable bonds is 8. The number of carbonyl (C=O) groups is 2. The summed E-state index contributed by atoms with van der Waals surface area (Å²) in [4.78, 5) is 42.1. The lowest BCUT2D eigenvalue weighted by molar-refractivity contribution is -0.131. The number of halogens is 4. The van der Waals surface area contributed by atoms with Gasteiger partial charge in [0.05, 0.1) is 24.5 Å². The van der Waals surface area contributed by atoms with Crippen molar-refractivity contribution in [1.82, 2.24) is 30.6 Å². The van der Waals surface area contributed by atoms with E-state index in [2.05, 4.69) is 30.6 Å². The second kappa shape index (κ2) is 13.6. The van der Waals surface area contributed by atoms with Crippen molar-refractivity contribution in [2.45, 2.75) is 117 Å². The normalized spacial score (nSPS) is 19.6. The summed E-state index contributed by atoms with van der Waals surface area (Å²) in [6, 6.07) is 6.54. The van der Waals surface area contributed by atoms with Crippen LogP contribution in [0.3, 0.4) is 0 Å². The highest BCUT2D eigenvalue weighted by Gasteiger charge is 2.41. The van der Waals surface area contributed by atoms with E-state index in [0.717, 1.165) is 10.8 Å². The van der Waals surface area contributed by atoms with Crippen LogP contribution in [0.2, 0.25) is 0 Å². The number of hydrogen-bond donors (Lipinski definition) is 4. The molecule has 0 radical (unpaired) electrons. The van der Waals surface area contributed by atoms with Gasteiger partial charge in [0, 0.05) is 48.3 Å². The van der Waals surface area contributed by atoms with Gasteiger partial charge in [0.2, 0.25) is 23.7 Å². The van der Waals surface area contributed by atoms with Crippen LogP contribution in [0.1, 0.15) is 117 Å². The predicted molar refractivity (Wildman–Crippen MR) is 196 cm³/mol. The van der Waals surface area contributed by atoms with Gasteiger partial charge >= 0.3 is 0 Å². The van der Waals surface area contributed by atoms with Crippen LogP contribution in [0.15, 0.2) is 45.5 Å². The van der Waals surface area contributed by atoms with Gasteiger partial charge < -0.3 is 29.4 Å². The molecule has 10 nitrogen and oxygen atoms in total. The van der Waals surface area contributed by atoms with Gasteiger partial charge in [0.25, 0.3) is 0 Å². The Morgan fingerprint density at radius 3 is 1.35 bits per heavy atom. The fourth-order valence-electron chi connectivity index (χ4n) is 7.57. The number of fused-ring (bicyclic) bond motifs is 2. The Morgan fingerprint density at radius 1 is 0.667 bits per heavy atom. The van der Waals surface area contributed by atoms with E-state index in [-0.39, 0.29) is 63.2 Å². The summed E-state index contributed by atoms with van der Waals surface area (Å²) in [5.74, 6) is -4.67. The maximum Gasteiger partial charge on any atom is 0.248 e. The molecule has 0 aliphatic heterocycles. The fourth-order valence-corrected chi connectivity index (χ4v) is 7.57. The van der Waals surface area contributed by atoms with E-state index in [1.165, 1.54) is 0 Å². The average molecular weight is 753 g/mol. The second-order valence-corrected chi connectivity index (χ2v) is 17.4. The third-order valence-corrected chi connectivity index (χ3v) is 10.9. The molecular weight excluding hydrogens is 704 g/mol. The third-order valence-electron chi connectivity index (χ3n) is 10.9. The van der Waals surface area contributed by atoms with Crippen LogP contribution >= 0.6 is 0 Å². The van der Waals surface area contributed by atoms with E-state index in [4.69, 9.17) is 8.83 Å². The molecule has 7 rings (SSSR count). The molecule has 14 heteroatoms. The molecule has 2 fully saturated rings. The number of aromatic nitrogens is 4. The van der Waals surface area contributed by atoms with Crippen molar-refractivity contribution in [2.24, 2.45) is 22.7 Å². The van der Waals surface area contributed by atoms with Crippen LogP contribution in [0.5, 0.6) is 0 Å². The smallest absolute Gasteiger partial charge is 0.248 e. The first-order valence-corrected chi connectivity index (χ1v) is 18.7. The Bertz CT molecular complexity index is 1950. The van der Waals surface area contributed by atoms with Crippen LogP contribution in [0, 0.1) is 22.7 Å². The zero-order chi connectivity index (χ0) is 38.8. The number of nitrogens with zero attached hydrogens (tertiary/aromatic N) is 2. The summed E-state index contributed by atoms with van der Waals surface area (Å²) in [5.41, 5.74) is 1.63. The van der Waals surface area contributed by atoms with Crippen LogP contribution in [-0.2, 0) is 9.59 Å². The summed E-state index contributed by atoms with van der Waals surface area (Å²) >= 11 is 0. The first-order chi connectivity index (χ1) is 25.2. The Balaban J connectivity index is 1.07. The molecule has 2 aliphatic carbocycles. The lowest BCUT2D eigenvalue weighted by Gasteiger charge is -2.33. The molecule has 1 aromatic carbocycles. The quantitative estimate of drug-likeness (QED) is 0.116. The zero-order valence-electron chi connectivity index (χ0n) is 31.5. The zero-order valence-corrected chi connectivity index (χ0v) is 31.5. The van der Waals surface area contributed by atoms with E-state index in [9.17, 15) is 27.2 Å². The van der Waals surface area contributed by atoms with E-state index < -0.39 is 46.6 Å². The Hall–Kier alpha value is -4.62. The van der Waals surface area contributed by atoms with Crippen molar-refractivity contribution in [3.63, 3.8) is 0 Å². The third kappa shape index (κ3) is 7.93. The van der Waals surface area contributed by atoms with Crippen LogP contribution in [-0.4, -0.2) is 43.6 Å². The number of nitrogens with one attached hydrogen (secondary N) is 4. The van der Waals surface area contributed by atoms with Gasteiger partial charge in [0.15, 0.2) is 11.5 Å². The number of alkyl halides is 4. The molecule has 5 aromatic rings. The van der Waals surface area contributed by atoms with E-state index in [0.29, 0.717) is 45.7 Å². The highest BCUT2D eigenvalue weighted by atomic mass is 19.3. The molecular formula is C40H48F4N6O4. The van der Waals surface area contributed by atoms with E-state index in [1.54, 1.807) is 12.4 Å². The van der Waals surface area contributed by atoms with E-state index in [1.807, 2.05) is 65.8 Å². The van der Waals surface area contributed by atoms with Gasteiger partial charge in [-0.05, 0) is 60.8 Å². The molecule has 4 heterocycles. The molecule has 290 valence electrons. The highest BCUT2D eigenvalue weighted by Crippen LogP contribution is 2.41. The molecule has 4 N–H and O–H groups in total. The highest BCUT2D eigenvalue weighted by molar-refractivity contribution is 5.96. The van der Waals surface area contributed by atoms with Gasteiger partial charge in [-0.1, -0.05) is 41.5 Å². The number of furan rings is 2. The molecule has 54 heavy (non-hydrogen) atoms. The standard InChI is InChI=1S/C40H48F4N6O4/c1-37(2,3)31(49-35(51)21-7-11-39(41,42)12-8-21)33-45-19-25(47-33)29-17-23-15-28-24(16-27(23)53-29)18-30(54-28)26-20-46-34(48-26)32(38(4,5)6)50-36(52)22-9-13-40(43,44)14-10-22/h15-22,31-32H,7-14H2,1-6H3,(H,45,47)(H,46,48)(H,49,51)(H,50,52)/t31-,32?/m1/s1. The van der Waals surface area contributed by atoms with Gasteiger partial charge in [-0.15, -0.1) is 0 Å². The number of amides is 2. The summed E-state index contributed by atoms with van der Waals surface area (Å²) in [6.07, 6.45) is 2.77. The minimum absolute atomic E-state index is 0.151. The number of benzene rings is 1. The van der Waals surface area contributed by atoms with Gasteiger partial charge in [0.1, 0.15) is 34.2 Å². The number of imidazole rings is 2. The summed E-state index contributed by atoms with van der Waals surface area (Å²) in [7, 11) is 0. The molecule has 2 aliphatic rings. The van der Waals surface area contributed by atoms with Crippen molar-refractivity contribution in [1.29, 1.82) is 0 Å². The summed E-state index contributed by atoms with van der Waals surface area (Å²) in [6.45, 7) is 11.9. The number of H-pyrrole nitrogens is 2. The van der Waals surface area contributed by atoms with Crippen molar-refractivity contribution >= 4 is 33.8 Å². The van der Waals surface area contributed by atoms with E-state index >= 15 is 0 Å². The minimum Gasteiger partial charge on any atom is -0.454 e. The van der Waals surface area contributed by atoms with Crippen LogP contribution in [0.25, 0.3) is 44.8 Å². The number of hydrogen-bond acceptors (Lipinski definition) is 6. The SMILES string of the molecule is CC(C)(C)C(NC(=O)C1CCC(F)(F)CC1)c1ncc(-c2cc3cc4oc(-c5cnc([C@@H](NC(=O)C6CCC(F)(F)CC6)C(C)(C)C)[nH]5)cc4cc3o2)[nH]1. The minimum atomic E-state index is -2.71. The number of aromatic amines is 2. The molecule has 2 saturated carbocycles. The Labute approximate surface area is 310 Å². The van der Waals surface area contributed by atoms with Crippen molar-refractivity contribution < 1.29 is 36.0 Å². The fraction of sp³-hybridized carbons (Fsp3) is 0.550. The summed E-state index contributed by atoms with van der Waals surface area (Å²) in [5, 5.41) is 7.73. The Morgan fingerprint density at radius 2 is 1.02 bits per heavy atom. The van der Waals surface area contributed by atoms with Crippen molar-refractivity contribution in [3.8, 4) is 22.9 Å². The topological polar surface area (TPSA) is 142 Å². The van der Waals surface area contributed by atoms with Crippen LogP contribution in [0.4, 0.5) is 17.6 Å². The average Bonchev–Trinajstić information content (AvgIpc) is 3.89. The molecule has 0 spiro atoms. The Kier molecular flexibility index (Phi) is 9.49. The monoisotopic (exact) mass is 752 g/mol. The molecule has 4 aromatic heterocycles. The largest absolute Gasteiger partial charge is 0.454 e. The van der Waals surface area contributed by atoms with Crippen molar-refractivity contribution in [2.75, 3.05) is 0 Å². The predicted octanol–water partition coefficient (Wildman–Crippen LogP) is 10.0. The maximum atomic E-state index is 13.7. The molecule has 0 saturated heterocycles. The molecule has 0 bridgehead atoms.